The molecule has 0 aliphatic heterocycles. The molecule has 0 heterocycles. The maximum absolute atomic E-state index is 12.3. The van der Waals surface area contributed by atoms with E-state index in [-0.39, 0.29) is 17.2 Å². The molecule has 0 spiro atoms. The van der Waals surface area contributed by atoms with E-state index in [0.717, 1.165) is 0 Å². The predicted molar refractivity (Wildman–Crippen MR) is 89.6 cm³/mol. The lowest BCUT2D eigenvalue weighted by Gasteiger charge is -2.20. The molecule has 0 saturated heterocycles. The van der Waals surface area contributed by atoms with Crippen molar-refractivity contribution >= 4 is 17.6 Å². The fourth-order valence-corrected chi connectivity index (χ4v) is 1.97. The van der Waals surface area contributed by atoms with Gasteiger partial charge in [-0.25, -0.2) is 4.79 Å². The second-order valence-electron chi connectivity index (χ2n) is 6.21. The Morgan fingerprint density at radius 3 is 2.22 bits per heavy atom. The Morgan fingerprint density at radius 2 is 1.65 bits per heavy atom. The molecule has 0 saturated carbocycles. The number of ketones is 1. The number of amides is 1. The lowest BCUT2D eigenvalue weighted by Crippen LogP contribution is -2.42. The summed E-state index contributed by atoms with van der Waals surface area (Å²) >= 11 is 0. The zero-order valence-corrected chi connectivity index (χ0v) is 13.4. The summed E-state index contributed by atoms with van der Waals surface area (Å²) in [6, 6.07) is 13.5. The normalized spacial score (nSPS) is 10.9. The zero-order chi connectivity index (χ0) is 17.0. The first-order valence-electron chi connectivity index (χ1n) is 7.25. The molecule has 0 bridgehead atoms. The van der Waals surface area contributed by atoms with Crippen LogP contribution >= 0.6 is 0 Å². The number of anilines is 1. The summed E-state index contributed by atoms with van der Waals surface area (Å²) in [6.07, 6.45) is -0.591. The van der Waals surface area contributed by atoms with E-state index in [2.05, 4.69) is 5.32 Å². The van der Waals surface area contributed by atoms with Crippen LogP contribution in [0.15, 0.2) is 48.5 Å². The van der Waals surface area contributed by atoms with Crippen molar-refractivity contribution in [3.63, 3.8) is 0 Å². The van der Waals surface area contributed by atoms with Crippen LogP contribution in [0, 0.1) is 0 Å². The second kappa shape index (κ2) is 6.52. The van der Waals surface area contributed by atoms with Crippen molar-refractivity contribution in [3.8, 4) is 5.75 Å². The number of benzene rings is 2. The van der Waals surface area contributed by atoms with Gasteiger partial charge in [0.2, 0.25) is 0 Å². The maximum atomic E-state index is 12.3. The molecule has 0 unspecified atom stereocenters. The number of ether oxygens (including phenoxy) is 1. The van der Waals surface area contributed by atoms with Crippen LogP contribution in [0.1, 0.15) is 36.7 Å². The summed E-state index contributed by atoms with van der Waals surface area (Å²) in [5.41, 5.74) is 6.73. The van der Waals surface area contributed by atoms with Crippen LogP contribution in [0.4, 0.5) is 10.5 Å². The van der Waals surface area contributed by atoms with Gasteiger partial charge in [-0.1, -0.05) is 30.3 Å². The average Bonchev–Trinajstić information content (AvgIpc) is 2.47. The van der Waals surface area contributed by atoms with E-state index in [1.54, 1.807) is 30.3 Å². The fourth-order valence-electron chi connectivity index (χ4n) is 1.97. The molecule has 0 fully saturated rings. The third-order valence-electron chi connectivity index (χ3n) is 2.99. The first kappa shape index (κ1) is 16.5. The summed E-state index contributed by atoms with van der Waals surface area (Å²) < 4.78 is 5.18. The lowest BCUT2D eigenvalue weighted by atomic mass is 10.0. The van der Waals surface area contributed by atoms with E-state index in [0.29, 0.717) is 11.1 Å². The molecular formula is C18H20N2O3. The van der Waals surface area contributed by atoms with Crippen LogP contribution in [0.2, 0.25) is 0 Å². The summed E-state index contributed by atoms with van der Waals surface area (Å²) in [6.45, 7) is 5.54. The number of rotatable bonds is 3. The Labute approximate surface area is 135 Å². The highest BCUT2D eigenvalue weighted by Crippen LogP contribution is 2.24. The smallest absolute Gasteiger partial charge is 0.408 e. The number of nitrogens with two attached hydrogens (primary N) is 1. The van der Waals surface area contributed by atoms with Gasteiger partial charge >= 0.3 is 6.09 Å². The highest BCUT2D eigenvalue weighted by molar-refractivity contribution is 6.09. The van der Waals surface area contributed by atoms with E-state index in [1.165, 1.54) is 12.1 Å². The van der Waals surface area contributed by atoms with Crippen molar-refractivity contribution in [2.75, 3.05) is 5.73 Å². The predicted octanol–water partition coefficient (Wildman–Crippen LogP) is 3.39. The number of hydrogen-bond acceptors (Lipinski definition) is 4. The molecule has 1 amide bonds. The zero-order valence-electron chi connectivity index (χ0n) is 13.4. The molecule has 0 aliphatic rings. The summed E-state index contributed by atoms with van der Waals surface area (Å²) in [7, 11) is 0. The van der Waals surface area contributed by atoms with Crippen LogP contribution in [0.3, 0.4) is 0 Å². The van der Waals surface area contributed by atoms with Gasteiger partial charge in [0.15, 0.2) is 11.5 Å². The Kier molecular flexibility index (Phi) is 4.69. The molecule has 0 aromatic heterocycles. The van der Waals surface area contributed by atoms with Gasteiger partial charge in [-0.15, -0.1) is 0 Å². The Balaban J connectivity index is 2.15. The summed E-state index contributed by atoms with van der Waals surface area (Å²) in [4.78, 5) is 24.1. The van der Waals surface area contributed by atoms with Crippen molar-refractivity contribution in [1.29, 1.82) is 0 Å². The third-order valence-corrected chi connectivity index (χ3v) is 2.99. The molecule has 0 radical (unpaired) electrons. The van der Waals surface area contributed by atoms with Gasteiger partial charge in [-0.3, -0.25) is 4.79 Å². The number of nitrogens with one attached hydrogen (secondary N) is 1. The molecule has 0 aliphatic carbocycles. The van der Waals surface area contributed by atoms with E-state index in [1.807, 2.05) is 26.8 Å². The van der Waals surface area contributed by atoms with Crippen LogP contribution < -0.4 is 15.8 Å². The van der Waals surface area contributed by atoms with E-state index < -0.39 is 11.6 Å². The molecule has 120 valence electrons. The van der Waals surface area contributed by atoms with Crippen molar-refractivity contribution in [2.45, 2.75) is 26.3 Å². The fraction of sp³-hybridized carbons (Fsp3) is 0.222. The van der Waals surface area contributed by atoms with Gasteiger partial charge in [0.1, 0.15) is 0 Å². The first-order chi connectivity index (χ1) is 10.8. The minimum Gasteiger partial charge on any atom is -0.408 e. The maximum Gasteiger partial charge on any atom is 0.413 e. The van der Waals surface area contributed by atoms with Crippen LogP contribution in [0.25, 0.3) is 0 Å². The first-order valence-corrected chi connectivity index (χ1v) is 7.25. The number of carbonyl (C=O) groups excluding carboxylic acids is 2. The van der Waals surface area contributed by atoms with E-state index in [4.69, 9.17) is 10.5 Å². The van der Waals surface area contributed by atoms with Crippen LogP contribution in [-0.4, -0.2) is 17.4 Å². The molecule has 23 heavy (non-hydrogen) atoms. The van der Waals surface area contributed by atoms with Gasteiger partial charge in [0.25, 0.3) is 0 Å². The molecule has 2 rings (SSSR count). The van der Waals surface area contributed by atoms with E-state index in [9.17, 15) is 9.59 Å². The summed E-state index contributed by atoms with van der Waals surface area (Å²) in [5.74, 6) is 0.0827. The molecule has 0 atom stereocenters. The lowest BCUT2D eigenvalue weighted by molar-refractivity contribution is 0.103. The quantitative estimate of drug-likeness (QED) is 0.672. The van der Waals surface area contributed by atoms with E-state index >= 15 is 0 Å². The molecule has 5 nitrogen and oxygen atoms in total. The minimum absolute atomic E-state index is 0.136. The van der Waals surface area contributed by atoms with Crippen LogP contribution in [0.5, 0.6) is 5.75 Å². The van der Waals surface area contributed by atoms with Crippen LogP contribution in [-0.2, 0) is 0 Å². The molecule has 2 aromatic rings. The van der Waals surface area contributed by atoms with Gasteiger partial charge in [-0.05, 0) is 39.0 Å². The van der Waals surface area contributed by atoms with Gasteiger partial charge in [0.05, 0.1) is 5.69 Å². The number of nitrogen functional groups attached to an aromatic ring is 1. The standard InChI is InChI=1S/C18H20N2O3/c1-18(2,3)20-17(22)23-15-10-9-13(11-14(15)19)16(21)12-7-5-4-6-8-12/h4-11H,19H2,1-3H3,(H,20,22). The Hall–Kier alpha value is -2.82. The Morgan fingerprint density at radius 1 is 1.00 bits per heavy atom. The second-order valence-corrected chi connectivity index (χ2v) is 6.21. The highest BCUT2D eigenvalue weighted by atomic mass is 16.6. The van der Waals surface area contributed by atoms with Crippen molar-refractivity contribution in [3.05, 3.63) is 59.7 Å². The van der Waals surface area contributed by atoms with Crippen molar-refractivity contribution in [2.24, 2.45) is 0 Å². The molecular weight excluding hydrogens is 292 g/mol. The number of carbonyl (C=O) groups is 2. The van der Waals surface area contributed by atoms with Gasteiger partial charge in [-0.2, -0.15) is 0 Å². The SMILES string of the molecule is CC(C)(C)NC(=O)Oc1ccc(C(=O)c2ccccc2)cc1N. The highest BCUT2D eigenvalue weighted by Gasteiger charge is 2.17. The van der Waals surface area contributed by atoms with Crippen molar-refractivity contribution in [1.82, 2.24) is 5.32 Å². The molecule has 3 N–H and O–H groups in total. The van der Waals surface area contributed by atoms with Crippen molar-refractivity contribution < 1.29 is 14.3 Å². The molecule has 2 aromatic carbocycles. The molecule has 5 heteroatoms. The topological polar surface area (TPSA) is 81.4 Å². The number of hydrogen-bond donors (Lipinski definition) is 2. The summed E-state index contributed by atoms with van der Waals surface area (Å²) in [5, 5.41) is 2.67. The van der Waals surface area contributed by atoms with Gasteiger partial charge < -0.3 is 15.8 Å². The Bertz CT molecular complexity index is 719. The largest absolute Gasteiger partial charge is 0.413 e. The average molecular weight is 312 g/mol. The monoisotopic (exact) mass is 312 g/mol. The minimum atomic E-state index is -0.591. The third kappa shape index (κ3) is 4.57. The van der Waals surface area contributed by atoms with Gasteiger partial charge in [0, 0.05) is 16.7 Å².